The first kappa shape index (κ1) is 16.9. The maximum atomic E-state index is 12.3. The summed E-state index contributed by atoms with van der Waals surface area (Å²) in [5.74, 6) is -0.810. The molecule has 0 heterocycles. The number of nitro benzene ring substituents is 1. The Hall–Kier alpha value is -2.93. The smallest absolute Gasteiger partial charge is 0.282 e. The van der Waals surface area contributed by atoms with E-state index < -0.39 is 10.8 Å². The summed E-state index contributed by atoms with van der Waals surface area (Å²) in [5.41, 5.74) is 0.441. The van der Waals surface area contributed by atoms with Gasteiger partial charge in [-0.2, -0.15) is 0 Å². The van der Waals surface area contributed by atoms with E-state index in [1.165, 1.54) is 18.2 Å². The van der Waals surface area contributed by atoms with E-state index in [9.17, 15) is 19.7 Å². The summed E-state index contributed by atoms with van der Waals surface area (Å²) >= 11 is 5.82. The van der Waals surface area contributed by atoms with Gasteiger partial charge in [0.15, 0.2) is 0 Å². The first-order valence-electron chi connectivity index (χ1n) is 7.60. The molecular formula is C17H14ClN3O4. The number of nitrogens with one attached hydrogen (secondary N) is 2. The Bertz CT molecular complexity index is 847. The molecule has 1 saturated carbocycles. The van der Waals surface area contributed by atoms with Gasteiger partial charge in [-0.25, -0.2) is 0 Å². The van der Waals surface area contributed by atoms with E-state index >= 15 is 0 Å². The Kier molecular flexibility index (Phi) is 4.67. The van der Waals surface area contributed by atoms with E-state index in [0.29, 0.717) is 11.3 Å². The minimum Gasteiger partial charge on any atom is -0.349 e. The molecule has 0 bridgehead atoms. The number of carbonyl (C=O) groups excluding carboxylic acids is 2. The molecule has 25 heavy (non-hydrogen) atoms. The highest BCUT2D eigenvalue weighted by molar-refractivity contribution is 6.31. The lowest BCUT2D eigenvalue weighted by atomic mass is 10.1. The molecule has 0 spiro atoms. The Balaban J connectivity index is 1.73. The van der Waals surface area contributed by atoms with Crippen molar-refractivity contribution >= 4 is 34.8 Å². The molecule has 2 amide bonds. The molecule has 0 unspecified atom stereocenters. The van der Waals surface area contributed by atoms with Crippen molar-refractivity contribution in [1.29, 1.82) is 0 Å². The van der Waals surface area contributed by atoms with Crippen molar-refractivity contribution in [2.24, 2.45) is 0 Å². The lowest BCUT2D eigenvalue weighted by Gasteiger charge is -2.08. The van der Waals surface area contributed by atoms with Crippen molar-refractivity contribution in [3.63, 3.8) is 0 Å². The third kappa shape index (κ3) is 4.13. The Morgan fingerprint density at radius 1 is 1.08 bits per heavy atom. The summed E-state index contributed by atoms with van der Waals surface area (Å²) in [6, 6.07) is 10.3. The van der Waals surface area contributed by atoms with Crippen LogP contribution in [0.3, 0.4) is 0 Å². The van der Waals surface area contributed by atoms with Crippen LogP contribution in [0.1, 0.15) is 33.6 Å². The second-order valence-corrected chi connectivity index (χ2v) is 6.13. The zero-order chi connectivity index (χ0) is 18.0. The first-order chi connectivity index (χ1) is 11.9. The summed E-state index contributed by atoms with van der Waals surface area (Å²) in [5, 5.41) is 16.7. The van der Waals surface area contributed by atoms with E-state index in [1.54, 1.807) is 24.3 Å². The molecule has 3 rings (SSSR count). The molecule has 8 heteroatoms. The topological polar surface area (TPSA) is 101 Å². The number of amides is 2. The van der Waals surface area contributed by atoms with Crippen molar-refractivity contribution in [3.05, 3.63) is 68.7 Å². The van der Waals surface area contributed by atoms with Crippen LogP contribution in [0.25, 0.3) is 0 Å². The molecule has 0 saturated heterocycles. The van der Waals surface area contributed by atoms with Crippen molar-refractivity contribution < 1.29 is 14.5 Å². The molecular weight excluding hydrogens is 346 g/mol. The number of rotatable bonds is 5. The third-order valence-corrected chi connectivity index (χ3v) is 3.95. The molecule has 1 fully saturated rings. The highest BCUT2D eigenvalue weighted by atomic mass is 35.5. The lowest BCUT2D eigenvalue weighted by molar-refractivity contribution is -0.385. The van der Waals surface area contributed by atoms with Crippen molar-refractivity contribution in [2.75, 3.05) is 5.32 Å². The van der Waals surface area contributed by atoms with Crippen LogP contribution < -0.4 is 10.6 Å². The molecule has 1 aliphatic carbocycles. The van der Waals surface area contributed by atoms with Crippen LogP contribution in [0.15, 0.2) is 42.5 Å². The van der Waals surface area contributed by atoms with Crippen LogP contribution in [0.2, 0.25) is 5.02 Å². The van der Waals surface area contributed by atoms with Gasteiger partial charge in [-0.1, -0.05) is 11.6 Å². The van der Waals surface area contributed by atoms with Crippen molar-refractivity contribution in [3.8, 4) is 0 Å². The predicted molar refractivity (Wildman–Crippen MR) is 93.0 cm³/mol. The number of carbonyl (C=O) groups is 2. The minimum absolute atomic E-state index is 0.131. The predicted octanol–water partition coefficient (Wildman–Crippen LogP) is 3.39. The molecule has 2 aromatic carbocycles. The molecule has 0 aliphatic heterocycles. The SMILES string of the molecule is O=C(NC1CC1)c1ccc(NC(=O)c2cc(Cl)ccc2[N+](=O)[O-])cc1. The van der Waals surface area contributed by atoms with Gasteiger partial charge in [0.05, 0.1) is 4.92 Å². The first-order valence-corrected chi connectivity index (χ1v) is 7.98. The summed E-state index contributed by atoms with van der Waals surface area (Å²) in [6.07, 6.45) is 2.00. The van der Waals surface area contributed by atoms with Gasteiger partial charge >= 0.3 is 0 Å². The van der Waals surface area contributed by atoms with E-state index in [4.69, 9.17) is 11.6 Å². The highest BCUT2D eigenvalue weighted by Crippen LogP contribution is 2.24. The monoisotopic (exact) mass is 359 g/mol. The number of nitrogens with zero attached hydrogens (tertiary/aromatic N) is 1. The lowest BCUT2D eigenvalue weighted by Crippen LogP contribution is -2.25. The Morgan fingerprint density at radius 3 is 2.36 bits per heavy atom. The van der Waals surface area contributed by atoms with Crippen LogP contribution in [0.5, 0.6) is 0 Å². The van der Waals surface area contributed by atoms with Gasteiger partial charge in [-0.05, 0) is 49.2 Å². The van der Waals surface area contributed by atoms with Crippen LogP contribution in [-0.2, 0) is 0 Å². The molecule has 2 N–H and O–H groups in total. The summed E-state index contributed by atoms with van der Waals surface area (Å²) < 4.78 is 0. The van der Waals surface area contributed by atoms with E-state index in [0.717, 1.165) is 12.8 Å². The van der Waals surface area contributed by atoms with E-state index in [2.05, 4.69) is 10.6 Å². The van der Waals surface area contributed by atoms with Crippen LogP contribution in [-0.4, -0.2) is 22.8 Å². The molecule has 7 nitrogen and oxygen atoms in total. The highest BCUT2D eigenvalue weighted by Gasteiger charge is 2.24. The van der Waals surface area contributed by atoms with E-state index in [-0.39, 0.29) is 28.2 Å². The van der Waals surface area contributed by atoms with Crippen LogP contribution >= 0.6 is 11.6 Å². The van der Waals surface area contributed by atoms with Gasteiger partial charge in [0, 0.05) is 28.4 Å². The van der Waals surface area contributed by atoms with Gasteiger partial charge in [-0.3, -0.25) is 19.7 Å². The molecule has 1 aliphatic rings. The quantitative estimate of drug-likeness (QED) is 0.631. The summed E-state index contributed by atoms with van der Waals surface area (Å²) in [4.78, 5) is 34.6. The van der Waals surface area contributed by atoms with Gasteiger partial charge in [0.25, 0.3) is 17.5 Å². The van der Waals surface area contributed by atoms with E-state index in [1.807, 2.05) is 0 Å². The molecule has 2 aromatic rings. The maximum Gasteiger partial charge on any atom is 0.282 e. The van der Waals surface area contributed by atoms with Crippen molar-refractivity contribution in [2.45, 2.75) is 18.9 Å². The summed E-state index contributed by atoms with van der Waals surface area (Å²) in [6.45, 7) is 0. The normalized spacial score (nSPS) is 13.2. The second kappa shape index (κ2) is 6.90. The Morgan fingerprint density at radius 2 is 1.76 bits per heavy atom. The third-order valence-electron chi connectivity index (χ3n) is 3.72. The minimum atomic E-state index is -0.649. The Labute approximate surface area is 148 Å². The molecule has 128 valence electrons. The average Bonchev–Trinajstić information content (AvgIpc) is 3.39. The van der Waals surface area contributed by atoms with Crippen LogP contribution in [0, 0.1) is 10.1 Å². The number of hydrogen-bond donors (Lipinski definition) is 2. The molecule has 0 radical (unpaired) electrons. The van der Waals surface area contributed by atoms with Gasteiger partial charge in [0.1, 0.15) is 5.56 Å². The zero-order valence-corrected chi connectivity index (χ0v) is 13.7. The summed E-state index contributed by atoms with van der Waals surface area (Å²) in [7, 11) is 0. The standard InChI is InChI=1S/C17H14ClN3O4/c18-11-3-8-15(21(24)25)14(9-11)17(23)20-12-4-1-10(2-5-12)16(22)19-13-6-7-13/h1-5,8-9,13H,6-7H2,(H,19,22)(H,20,23). The zero-order valence-electron chi connectivity index (χ0n) is 13.0. The fourth-order valence-electron chi connectivity index (χ4n) is 2.25. The van der Waals surface area contributed by atoms with Crippen molar-refractivity contribution in [1.82, 2.24) is 5.32 Å². The second-order valence-electron chi connectivity index (χ2n) is 5.70. The number of nitro groups is 1. The number of benzene rings is 2. The largest absolute Gasteiger partial charge is 0.349 e. The number of anilines is 1. The van der Waals surface area contributed by atoms with Gasteiger partial charge in [0.2, 0.25) is 0 Å². The maximum absolute atomic E-state index is 12.3. The van der Waals surface area contributed by atoms with Gasteiger partial charge in [-0.15, -0.1) is 0 Å². The van der Waals surface area contributed by atoms with Gasteiger partial charge < -0.3 is 10.6 Å². The fraction of sp³-hybridized carbons (Fsp3) is 0.176. The average molecular weight is 360 g/mol. The number of halogens is 1. The molecule has 0 atom stereocenters. The fourth-order valence-corrected chi connectivity index (χ4v) is 2.42. The van der Waals surface area contributed by atoms with Crippen LogP contribution in [0.4, 0.5) is 11.4 Å². The molecule has 0 aromatic heterocycles. The number of hydrogen-bond acceptors (Lipinski definition) is 4.